The number of aliphatic hydroxyl groups is 1. The lowest BCUT2D eigenvalue weighted by Gasteiger charge is -2.28. The van der Waals surface area contributed by atoms with E-state index < -0.39 is 10.8 Å². The zero-order valence-electron chi connectivity index (χ0n) is 27.6. The van der Waals surface area contributed by atoms with Crippen molar-refractivity contribution >= 4 is 56.7 Å². The molecule has 0 aromatic carbocycles. The second-order valence-electron chi connectivity index (χ2n) is 12.5. The van der Waals surface area contributed by atoms with Crippen LogP contribution in [0, 0.1) is 13.8 Å². The topological polar surface area (TPSA) is 162 Å². The molecule has 2 unspecified atom stereocenters. The van der Waals surface area contributed by atoms with Crippen LogP contribution in [0.15, 0.2) is 0 Å². The average molecular weight is 766 g/mol. The first-order valence-corrected chi connectivity index (χ1v) is 19.9. The maximum Gasteiger partial charge on any atom is 0.313 e. The minimum Gasteiger partial charge on any atom is -0.577 e. The van der Waals surface area contributed by atoms with Crippen LogP contribution in [0.25, 0.3) is 19.5 Å². The average Bonchev–Trinajstić information content (AvgIpc) is 3.89. The highest BCUT2D eigenvalue weighted by Crippen LogP contribution is 2.66. The normalized spacial score (nSPS) is 16.4. The van der Waals surface area contributed by atoms with Crippen LogP contribution in [-0.2, 0) is 10.8 Å². The Morgan fingerprint density at radius 1 is 0.531 bits per heavy atom. The molecule has 49 heavy (non-hydrogen) atoms. The van der Waals surface area contributed by atoms with Gasteiger partial charge in [-0.05, 0) is 40.5 Å². The van der Waals surface area contributed by atoms with Crippen LogP contribution in [0.1, 0.15) is 69.8 Å². The highest BCUT2D eigenvalue weighted by molar-refractivity contribution is 7.28. The van der Waals surface area contributed by atoms with Gasteiger partial charge in [0, 0.05) is 20.6 Å². The molecule has 0 bridgehead atoms. The molecule has 15 heteroatoms. The molecule has 2 atom stereocenters. The summed E-state index contributed by atoms with van der Waals surface area (Å²) in [7, 11) is 0. The zero-order valence-corrected chi connectivity index (χ0v) is 31.7. The number of hydrogen-bond acceptors (Lipinski definition) is 14. The van der Waals surface area contributed by atoms with Crippen molar-refractivity contribution in [3.8, 4) is 77.0 Å². The van der Waals surface area contributed by atoms with Gasteiger partial charge in [-0.3, -0.25) is 0 Å². The van der Waals surface area contributed by atoms with Gasteiger partial charge in [0.25, 0.3) is 0 Å². The van der Waals surface area contributed by atoms with Gasteiger partial charge in [-0.15, -0.1) is 56.7 Å². The minimum atomic E-state index is -0.756. The SMILES string of the molecule is CCC(C)(c1sc(C)c(O)c1O)c1sc(-c2sc(-c3sc(C(C)(CC)c4sc(C)c(O)c4O)c4c3OCC[OH+]4)c(O)c2O)c2c1OCCO2. The van der Waals surface area contributed by atoms with Crippen molar-refractivity contribution in [2.75, 3.05) is 26.4 Å². The van der Waals surface area contributed by atoms with Crippen molar-refractivity contribution in [3.63, 3.8) is 0 Å². The van der Waals surface area contributed by atoms with E-state index in [-0.39, 0.29) is 34.5 Å². The summed E-state index contributed by atoms with van der Waals surface area (Å²) in [5.74, 6) is 0.925. The number of fused-ring (bicyclic) bond motifs is 2. The Hall–Kier alpha value is -3.50. The largest absolute Gasteiger partial charge is 0.577 e. The molecular weight excluding hydrogens is 729 g/mol. The van der Waals surface area contributed by atoms with Gasteiger partial charge >= 0.3 is 5.75 Å². The van der Waals surface area contributed by atoms with E-state index in [1.165, 1.54) is 56.7 Å². The summed E-state index contributed by atoms with van der Waals surface area (Å²) in [6, 6.07) is 0. The first kappa shape index (κ1) is 34.0. The fourth-order valence-electron chi connectivity index (χ4n) is 6.34. The molecular formula is C34H37O10S5+. The fraction of sp³-hybridized carbons (Fsp3) is 0.412. The predicted molar refractivity (Wildman–Crippen MR) is 196 cm³/mol. The second-order valence-corrected chi connectivity index (χ2v) is 18.0. The molecule has 10 nitrogen and oxygen atoms in total. The summed E-state index contributed by atoms with van der Waals surface area (Å²) in [6.45, 7) is 12.9. The van der Waals surface area contributed by atoms with Gasteiger partial charge in [0.2, 0.25) is 12.4 Å². The van der Waals surface area contributed by atoms with Crippen molar-refractivity contribution in [2.24, 2.45) is 0 Å². The molecule has 0 aliphatic carbocycles. The van der Waals surface area contributed by atoms with E-state index in [1.54, 1.807) is 13.8 Å². The Bertz CT molecular complexity index is 1950. The van der Waals surface area contributed by atoms with Gasteiger partial charge in [-0.1, -0.05) is 13.8 Å². The number of aryl methyl sites for hydroxylation is 2. The maximum atomic E-state index is 11.6. The minimum absolute atomic E-state index is 0.130. The molecule has 0 radical (unpaired) electrons. The molecule has 0 fully saturated rings. The molecule has 7 rings (SSSR count). The molecule has 0 amide bonds. The predicted octanol–water partition coefficient (Wildman–Crippen LogP) is 9.02. The molecule has 262 valence electrons. The highest BCUT2D eigenvalue weighted by atomic mass is 32.1. The van der Waals surface area contributed by atoms with Crippen molar-refractivity contribution < 1.29 is 49.6 Å². The zero-order chi connectivity index (χ0) is 35.2. The summed E-state index contributed by atoms with van der Waals surface area (Å²) in [6.07, 6.45) is 1.16. The van der Waals surface area contributed by atoms with Crippen molar-refractivity contribution in [1.29, 1.82) is 0 Å². The second kappa shape index (κ2) is 12.1. The molecule has 7 N–H and O–H groups in total. The van der Waals surface area contributed by atoms with E-state index in [1.807, 2.05) is 27.7 Å². The smallest absolute Gasteiger partial charge is 0.313 e. The molecule has 0 saturated carbocycles. The quantitative estimate of drug-likeness (QED) is 0.0847. The monoisotopic (exact) mass is 765 g/mol. The van der Waals surface area contributed by atoms with E-state index in [0.29, 0.717) is 101 Å². The lowest BCUT2D eigenvalue weighted by atomic mass is 9.83. The lowest BCUT2D eigenvalue weighted by Crippen LogP contribution is -2.23. The number of ether oxygens (including phenoxy) is 4. The van der Waals surface area contributed by atoms with E-state index in [0.717, 1.165) is 9.75 Å². The van der Waals surface area contributed by atoms with Crippen molar-refractivity contribution in [2.45, 2.75) is 65.2 Å². The first-order valence-electron chi connectivity index (χ1n) is 15.8. The third-order valence-corrected chi connectivity index (χ3v) is 16.6. The number of hydrogen-bond donors (Lipinski definition) is 6. The van der Waals surface area contributed by atoms with Gasteiger partial charge in [-0.2, -0.15) is 0 Å². The fourth-order valence-corrected chi connectivity index (χ4v) is 13.0. The third kappa shape index (κ3) is 4.87. The number of thiophene rings is 5. The third-order valence-electron chi connectivity index (χ3n) is 9.59. The number of aromatic hydroxyl groups is 7. The van der Waals surface area contributed by atoms with Gasteiger partial charge in [0.05, 0.1) is 29.3 Å². The Balaban J connectivity index is 1.40. The Morgan fingerprint density at radius 2 is 1.00 bits per heavy atom. The Labute approximate surface area is 302 Å². The molecule has 2 aliphatic heterocycles. The Morgan fingerprint density at radius 3 is 1.51 bits per heavy atom. The van der Waals surface area contributed by atoms with Crippen LogP contribution < -0.4 is 14.2 Å². The van der Waals surface area contributed by atoms with Gasteiger partial charge in [-0.25, -0.2) is 0 Å². The van der Waals surface area contributed by atoms with E-state index in [9.17, 15) is 30.6 Å². The maximum absolute atomic E-state index is 11.6. The van der Waals surface area contributed by atoms with Crippen LogP contribution >= 0.6 is 56.7 Å². The van der Waals surface area contributed by atoms with E-state index in [4.69, 9.17) is 18.9 Å². The molecule has 7 heterocycles. The Kier molecular flexibility index (Phi) is 8.37. The summed E-state index contributed by atoms with van der Waals surface area (Å²) in [5.41, 5.74) is -1.49. The number of rotatable bonds is 8. The highest BCUT2D eigenvalue weighted by Gasteiger charge is 2.46. The van der Waals surface area contributed by atoms with Crippen LogP contribution in [0.5, 0.6) is 57.5 Å². The van der Waals surface area contributed by atoms with Crippen LogP contribution in [0.4, 0.5) is 0 Å². The summed E-state index contributed by atoms with van der Waals surface area (Å²) >= 11 is 6.61. The molecule has 2 aliphatic rings. The first-order chi connectivity index (χ1) is 23.3. The van der Waals surface area contributed by atoms with Crippen LogP contribution in [-0.4, -0.2) is 61.8 Å². The van der Waals surface area contributed by atoms with Crippen LogP contribution in [0.3, 0.4) is 0 Å². The molecule has 5 aromatic rings. The molecule has 0 spiro atoms. The van der Waals surface area contributed by atoms with Crippen LogP contribution in [0.2, 0.25) is 0 Å². The summed E-state index contributed by atoms with van der Waals surface area (Å²) < 4.78 is 23.4. The van der Waals surface area contributed by atoms with Crippen molar-refractivity contribution in [3.05, 3.63) is 29.3 Å². The molecule has 0 saturated heterocycles. The van der Waals surface area contributed by atoms with E-state index >= 15 is 0 Å². The lowest BCUT2D eigenvalue weighted by molar-refractivity contribution is 0.00928. The summed E-state index contributed by atoms with van der Waals surface area (Å²) in [4.78, 5) is 6.02. The van der Waals surface area contributed by atoms with Crippen molar-refractivity contribution in [1.82, 2.24) is 0 Å². The van der Waals surface area contributed by atoms with E-state index in [2.05, 4.69) is 0 Å². The molecule has 5 aromatic heterocycles. The van der Waals surface area contributed by atoms with Gasteiger partial charge in [0.1, 0.15) is 23.0 Å². The standard InChI is InChI=1S/C34H36O10S5/c1-7-33(5,29-19(39)15(35)13(3)45-29)31-23-21(41-9-11-43-23)27(48-31)25-17(37)18(38)26(47-25)28-22-24(44-12-10-42-22)32(49-28)34(6,8-2)30-20(40)16(36)14(4)46-30/h35-40H,7-12H2,1-6H3/p+1. The van der Waals surface area contributed by atoms with Gasteiger partial charge in [0.15, 0.2) is 52.6 Å². The summed E-state index contributed by atoms with van der Waals surface area (Å²) in [5, 5.41) is 66.0. The van der Waals surface area contributed by atoms with Gasteiger partial charge < -0.3 is 49.6 Å².